The van der Waals surface area contributed by atoms with Crippen LogP contribution in [0.3, 0.4) is 0 Å². The summed E-state index contributed by atoms with van der Waals surface area (Å²) in [5.41, 5.74) is 6.91. The number of ether oxygens (including phenoxy) is 1. The zero-order valence-corrected chi connectivity index (χ0v) is 11.1. The quantitative estimate of drug-likeness (QED) is 0.813. The maximum absolute atomic E-state index is 10.7. The Morgan fingerprint density at radius 2 is 2.11 bits per heavy atom. The second-order valence-corrected chi connectivity index (χ2v) is 4.68. The molecule has 1 rings (SSSR count). The van der Waals surface area contributed by atoms with Crippen molar-refractivity contribution in [3.05, 3.63) is 29.3 Å². The van der Waals surface area contributed by atoms with Gasteiger partial charge in [-0.1, -0.05) is 19.9 Å². The first-order valence-electron chi connectivity index (χ1n) is 6.10. The molecule has 0 aliphatic carbocycles. The van der Waals surface area contributed by atoms with E-state index in [9.17, 15) is 9.90 Å². The van der Waals surface area contributed by atoms with Gasteiger partial charge in [0.05, 0.1) is 13.2 Å². The number of nitrogens with two attached hydrogens (primary N) is 1. The highest BCUT2D eigenvalue weighted by atomic mass is 16.5. The maximum atomic E-state index is 10.7. The van der Waals surface area contributed by atoms with Gasteiger partial charge in [0.2, 0.25) is 5.91 Å². The van der Waals surface area contributed by atoms with E-state index in [0.717, 1.165) is 16.9 Å². The van der Waals surface area contributed by atoms with E-state index in [1.807, 2.05) is 18.2 Å². The van der Waals surface area contributed by atoms with Crippen LogP contribution >= 0.6 is 0 Å². The third kappa shape index (κ3) is 3.74. The lowest BCUT2D eigenvalue weighted by molar-refractivity contribution is -0.118. The predicted molar refractivity (Wildman–Crippen MR) is 70.5 cm³/mol. The first kappa shape index (κ1) is 14.5. The van der Waals surface area contributed by atoms with Crippen LogP contribution in [0.1, 0.15) is 49.8 Å². The van der Waals surface area contributed by atoms with E-state index in [-0.39, 0.29) is 6.42 Å². The number of methoxy groups -OCH3 is 1. The van der Waals surface area contributed by atoms with Gasteiger partial charge >= 0.3 is 0 Å². The zero-order chi connectivity index (χ0) is 13.7. The number of hydrogen-bond donors (Lipinski definition) is 2. The summed E-state index contributed by atoms with van der Waals surface area (Å²) in [4.78, 5) is 10.7. The predicted octanol–water partition coefficient (Wildman–Crippen LogP) is 2.12. The van der Waals surface area contributed by atoms with Gasteiger partial charge in [-0.05, 0) is 35.6 Å². The Bertz CT molecular complexity index is 416. The third-order valence-electron chi connectivity index (χ3n) is 2.92. The fourth-order valence-corrected chi connectivity index (χ4v) is 1.86. The Morgan fingerprint density at radius 3 is 2.61 bits per heavy atom. The van der Waals surface area contributed by atoms with E-state index in [2.05, 4.69) is 13.8 Å². The lowest BCUT2D eigenvalue weighted by Crippen LogP contribution is -2.12. The highest BCUT2D eigenvalue weighted by Gasteiger charge is 2.13. The molecule has 0 fully saturated rings. The van der Waals surface area contributed by atoms with Gasteiger partial charge in [0.25, 0.3) is 0 Å². The number of carbonyl (C=O) groups is 1. The lowest BCUT2D eigenvalue weighted by Gasteiger charge is -2.16. The molecule has 0 aliphatic rings. The van der Waals surface area contributed by atoms with E-state index in [1.165, 1.54) is 0 Å². The SMILES string of the molecule is COc1ccc(C(O)CCC(N)=O)cc1C(C)C. The van der Waals surface area contributed by atoms with Crippen LogP contribution in [0.4, 0.5) is 0 Å². The molecule has 1 aromatic carbocycles. The van der Waals surface area contributed by atoms with Gasteiger partial charge in [0.1, 0.15) is 5.75 Å². The molecule has 0 saturated carbocycles. The summed E-state index contributed by atoms with van der Waals surface area (Å²) in [6.45, 7) is 4.13. The fourth-order valence-electron chi connectivity index (χ4n) is 1.86. The molecule has 100 valence electrons. The first-order valence-corrected chi connectivity index (χ1v) is 6.10. The summed E-state index contributed by atoms with van der Waals surface area (Å²) in [5, 5.41) is 9.99. The standard InChI is InChI=1S/C14H21NO3/c1-9(2)11-8-10(4-6-13(11)18-3)12(16)5-7-14(15)17/h4,6,8-9,12,16H,5,7H2,1-3H3,(H2,15,17). The van der Waals surface area contributed by atoms with Gasteiger partial charge in [-0.3, -0.25) is 4.79 Å². The van der Waals surface area contributed by atoms with Gasteiger partial charge in [-0.2, -0.15) is 0 Å². The first-order chi connectivity index (χ1) is 8.45. The molecule has 1 unspecified atom stereocenters. The molecule has 0 bridgehead atoms. The van der Waals surface area contributed by atoms with Crippen LogP contribution in [0.5, 0.6) is 5.75 Å². The van der Waals surface area contributed by atoms with E-state index in [1.54, 1.807) is 7.11 Å². The minimum absolute atomic E-state index is 0.185. The molecule has 1 amide bonds. The number of carbonyl (C=O) groups excluding carboxylic acids is 1. The number of amides is 1. The van der Waals surface area contributed by atoms with Crippen LogP contribution in [0.15, 0.2) is 18.2 Å². The molecular weight excluding hydrogens is 230 g/mol. The summed E-state index contributed by atoms with van der Waals surface area (Å²) in [7, 11) is 1.63. The molecule has 0 radical (unpaired) electrons. The average Bonchev–Trinajstić information content (AvgIpc) is 2.34. The smallest absolute Gasteiger partial charge is 0.217 e. The van der Waals surface area contributed by atoms with Crippen LogP contribution < -0.4 is 10.5 Å². The molecule has 0 spiro atoms. The van der Waals surface area contributed by atoms with Crippen molar-refractivity contribution in [2.45, 2.75) is 38.7 Å². The maximum Gasteiger partial charge on any atom is 0.217 e. The molecule has 0 aromatic heterocycles. The van der Waals surface area contributed by atoms with Crippen LogP contribution in [-0.2, 0) is 4.79 Å². The number of hydrogen-bond acceptors (Lipinski definition) is 3. The molecule has 3 N–H and O–H groups in total. The van der Waals surface area contributed by atoms with Crippen molar-refractivity contribution in [3.63, 3.8) is 0 Å². The summed E-state index contributed by atoms with van der Waals surface area (Å²) in [6.07, 6.45) is -0.135. The highest BCUT2D eigenvalue weighted by molar-refractivity contribution is 5.73. The third-order valence-corrected chi connectivity index (χ3v) is 2.92. The van der Waals surface area contributed by atoms with E-state index < -0.39 is 12.0 Å². The second kappa shape index (κ2) is 6.40. The number of primary amides is 1. The second-order valence-electron chi connectivity index (χ2n) is 4.68. The van der Waals surface area contributed by atoms with Crippen LogP contribution in [-0.4, -0.2) is 18.1 Å². The minimum atomic E-state index is -0.666. The van der Waals surface area contributed by atoms with Gasteiger partial charge in [0.15, 0.2) is 0 Å². The van der Waals surface area contributed by atoms with Crippen LogP contribution in [0.2, 0.25) is 0 Å². The van der Waals surface area contributed by atoms with Crippen LogP contribution in [0.25, 0.3) is 0 Å². The molecule has 0 saturated heterocycles. The molecule has 0 aliphatic heterocycles. The van der Waals surface area contributed by atoms with Crippen molar-refractivity contribution >= 4 is 5.91 Å². The number of aliphatic hydroxyl groups is 1. The highest BCUT2D eigenvalue weighted by Crippen LogP contribution is 2.30. The molecule has 1 aromatic rings. The van der Waals surface area contributed by atoms with Crippen molar-refractivity contribution in [3.8, 4) is 5.75 Å². The van der Waals surface area contributed by atoms with Crippen molar-refractivity contribution < 1.29 is 14.6 Å². The number of benzene rings is 1. The minimum Gasteiger partial charge on any atom is -0.496 e. The Balaban J connectivity index is 2.90. The van der Waals surface area contributed by atoms with Crippen molar-refractivity contribution in [1.29, 1.82) is 0 Å². The lowest BCUT2D eigenvalue weighted by atomic mass is 9.96. The Labute approximate surface area is 108 Å². The normalized spacial score (nSPS) is 12.5. The van der Waals surface area contributed by atoms with Crippen molar-refractivity contribution in [2.75, 3.05) is 7.11 Å². The van der Waals surface area contributed by atoms with Gasteiger partial charge in [-0.25, -0.2) is 0 Å². The summed E-state index contributed by atoms with van der Waals surface area (Å²) in [6, 6.07) is 5.59. The van der Waals surface area contributed by atoms with Gasteiger partial charge in [-0.15, -0.1) is 0 Å². The molecule has 4 nitrogen and oxygen atoms in total. The zero-order valence-electron chi connectivity index (χ0n) is 11.1. The van der Waals surface area contributed by atoms with Crippen LogP contribution in [0, 0.1) is 0 Å². The van der Waals surface area contributed by atoms with E-state index in [0.29, 0.717) is 12.3 Å². The van der Waals surface area contributed by atoms with E-state index in [4.69, 9.17) is 10.5 Å². The summed E-state index contributed by atoms with van der Waals surface area (Å²) < 4.78 is 5.28. The molecular formula is C14H21NO3. The molecule has 4 heteroatoms. The van der Waals surface area contributed by atoms with Crippen molar-refractivity contribution in [1.82, 2.24) is 0 Å². The van der Waals surface area contributed by atoms with Crippen molar-refractivity contribution in [2.24, 2.45) is 5.73 Å². The Kier molecular flexibility index (Phi) is 5.16. The number of rotatable bonds is 6. The fraction of sp³-hybridized carbons (Fsp3) is 0.500. The van der Waals surface area contributed by atoms with E-state index >= 15 is 0 Å². The molecule has 18 heavy (non-hydrogen) atoms. The van der Waals surface area contributed by atoms with Gasteiger partial charge in [0, 0.05) is 6.42 Å². The van der Waals surface area contributed by atoms with Gasteiger partial charge < -0.3 is 15.6 Å². The summed E-state index contributed by atoms with van der Waals surface area (Å²) in [5.74, 6) is 0.728. The summed E-state index contributed by atoms with van der Waals surface area (Å²) >= 11 is 0. The average molecular weight is 251 g/mol. The Hall–Kier alpha value is -1.55. The monoisotopic (exact) mass is 251 g/mol. The largest absolute Gasteiger partial charge is 0.496 e. The molecule has 0 heterocycles. The topological polar surface area (TPSA) is 72.6 Å². The number of aliphatic hydroxyl groups excluding tert-OH is 1. The Morgan fingerprint density at radius 1 is 1.44 bits per heavy atom. The molecule has 1 atom stereocenters.